The average molecular weight is 147 g/mol. The molecule has 0 radical (unpaired) electrons. The van der Waals surface area contributed by atoms with Gasteiger partial charge in [-0.15, -0.1) is 0 Å². The maximum Gasteiger partial charge on any atom is 0.0643 e. The van der Waals surface area contributed by atoms with Gasteiger partial charge in [-0.2, -0.15) is 5.53 Å². The topological polar surface area (TPSA) is 39.5 Å². The lowest BCUT2D eigenvalue weighted by molar-refractivity contribution is 0.808. The summed E-state index contributed by atoms with van der Waals surface area (Å²) in [6.07, 6.45) is 1.01. The fourth-order valence-electron chi connectivity index (χ4n) is 1.42. The number of nitrogens with one attached hydrogen (secondary N) is 1. The molecule has 0 amide bonds. The van der Waals surface area contributed by atoms with Gasteiger partial charge in [0.2, 0.25) is 0 Å². The Kier molecular flexibility index (Phi) is 1.35. The van der Waals surface area contributed by atoms with Crippen LogP contribution in [0.5, 0.6) is 0 Å². The van der Waals surface area contributed by atoms with Crippen LogP contribution in [-0.2, 0) is 6.42 Å². The van der Waals surface area contributed by atoms with Crippen molar-refractivity contribution in [2.75, 3.05) is 11.6 Å². The van der Waals surface area contributed by atoms with Crippen LogP contribution in [0.3, 0.4) is 0 Å². The zero-order valence-corrected chi connectivity index (χ0v) is 6.12. The molecule has 3 nitrogen and oxygen atoms in total. The van der Waals surface area contributed by atoms with Gasteiger partial charge in [0.15, 0.2) is 0 Å². The van der Waals surface area contributed by atoms with Crippen LogP contribution in [0.25, 0.3) is 0 Å². The van der Waals surface area contributed by atoms with Gasteiger partial charge in [0.1, 0.15) is 0 Å². The first-order chi connectivity index (χ1) is 5.42. The van der Waals surface area contributed by atoms with Crippen LogP contribution >= 0.6 is 0 Å². The average Bonchev–Trinajstić information content (AvgIpc) is 2.47. The van der Waals surface area contributed by atoms with E-state index in [2.05, 4.69) is 11.3 Å². The van der Waals surface area contributed by atoms with E-state index in [1.54, 1.807) is 5.01 Å². The molecule has 0 saturated heterocycles. The molecule has 1 N–H and O–H groups in total. The van der Waals surface area contributed by atoms with E-state index in [1.165, 1.54) is 5.56 Å². The maximum absolute atomic E-state index is 6.88. The number of fused-ring (bicyclic) bond motifs is 1. The monoisotopic (exact) mass is 147 g/mol. The number of benzene rings is 1. The van der Waals surface area contributed by atoms with Gasteiger partial charge in [-0.05, 0) is 18.1 Å². The Morgan fingerprint density at radius 1 is 1.36 bits per heavy atom. The van der Waals surface area contributed by atoms with Gasteiger partial charge in [0.05, 0.1) is 5.69 Å². The van der Waals surface area contributed by atoms with Crippen molar-refractivity contribution in [2.24, 2.45) is 5.22 Å². The summed E-state index contributed by atoms with van der Waals surface area (Å²) in [5.74, 6) is 0. The molecule has 0 saturated carbocycles. The van der Waals surface area contributed by atoms with E-state index in [0.717, 1.165) is 18.7 Å². The Morgan fingerprint density at radius 3 is 3.00 bits per heavy atom. The predicted molar refractivity (Wildman–Crippen MR) is 42.6 cm³/mol. The third kappa shape index (κ3) is 0.888. The van der Waals surface area contributed by atoms with Crippen LogP contribution in [0, 0.1) is 5.53 Å². The van der Waals surface area contributed by atoms with Crippen LogP contribution in [0.4, 0.5) is 5.69 Å². The predicted octanol–water partition coefficient (Wildman–Crippen LogP) is 2.00. The fourth-order valence-corrected chi connectivity index (χ4v) is 1.42. The molecule has 2 rings (SSSR count). The van der Waals surface area contributed by atoms with Gasteiger partial charge in [0.25, 0.3) is 0 Å². The van der Waals surface area contributed by atoms with E-state index in [4.69, 9.17) is 5.53 Å². The summed E-state index contributed by atoms with van der Waals surface area (Å²) in [4.78, 5) is 0. The molecule has 1 aliphatic rings. The largest absolute Gasteiger partial charge is 0.247 e. The van der Waals surface area contributed by atoms with Crippen molar-refractivity contribution in [3.05, 3.63) is 29.8 Å². The number of rotatable bonds is 1. The molecule has 0 aromatic heterocycles. The Morgan fingerprint density at radius 2 is 2.18 bits per heavy atom. The summed E-state index contributed by atoms with van der Waals surface area (Å²) in [6, 6.07) is 8.08. The van der Waals surface area contributed by atoms with Gasteiger partial charge in [-0.25, -0.2) is 5.01 Å². The van der Waals surface area contributed by atoms with Crippen molar-refractivity contribution in [1.29, 1.82) is 5.53 Å². The highest BCUT2D eigenvalue weighted by molar-refractivity contribution is 5.56. The molecule has 0 bridgehead atoms. The molecule has 1 heterocycles. The molecule has 11 heavy (non-hydrogen) atoms. The summed E-state index contributed by atoms with van der Waals surface area (Å²) in [6.45, 7) is 0.850. The molecular weight excluding hydrogens is 138 g/mol. The number of nitrogens with zero attached hydrogens (tertiary/aromatic N) is 2. The molecule has 1 aliphatic heterocycles. The Hall–Kier alpha value is -1.38. The second kappa shape index (κ2) is 2.34. The highest BCUT2D eigenvalue weighted by Gasteiger charge is 2.16. The first kappa shape index (κ1) is 6.34. The summed E-state index contributed by atoms with van der Waals surface area (Å²) in [5.41, 5.74) is 9.26. The number of hydrogen-bond donors (Lipinski definition) is 1. The zero-order valence-electron chi connectivity index (χ0n) is 6.12. The van der Waals surface area contributed by atoms with Crippen LogP contribution in [0.15, 0.2) is 29.5 Å². The first-order valence-electron chi connectivity index (χ1n) is 3.64. The number of anilines is 1. The Balaban J connectivity index is 2.46. The third-order valence-corrected chi connectivity index (χ3v) is 1.98. The van der Waals surface area contributed by atoms with Crippen molar-refractivity contribution in [2.45, 2.75) is 6.42 Å². The summed E-state index contributed by atoms with van der Waals surface area (Å²) < 4.78 is 0. The van der Waals surface area contributed by atoms with E-state index in [0.29, 0.717) is 0 Å². The van der Waals surface area contributed by atoms with E-state index in [1.807, 2.05) is 18.2 Å². The van der Waals surface area contributed by atoms with Crippen molar-refractivity contribution in [3.8, 4) is 0 Å². The van der Waals surface area contributed by atoms with E-state index in [9.17, 15) is 0 Å². The van der Waals surface area contributed by atoms with Crippen LogP contribution in [-0.4, -0.2) is 6.54 Å². The number of hydrogen-bond acceptors (Lipinski definition) is 2. The molecule has 56 valence electrons. The van der Waals surface area contributed by atoms with Gasteiger partial charge >= 0.3 is 0 Å². The maximum atomic E-state index is 6.88. The van der Waals surface area contributed by atoms with Crippen LogP contribution in [0.1, 0.15) is 5.56 Å². The zero-order chi connectivity index (χ0) is 7.68. The first-order valence-corrected chi connectivity index (χ1v) is 3.64. The fraction of sp³-hybridized carbons (Fsp3) is 0.250. The van der Waals surface area contributed by atoms with Crippen LogP contribution < -0.4 is 5.01 Å². The molecule has 3 heteroatoms. The lowest BCUT2D eigenvalue weighted by Crippen LogP contribution is -2.10. The highest BCUT2D eigenvalue weighted by Crippen LogP contribution is 2.26. The molecular formula is C8H9N3. The Bertz CT molecular complexity index is 282. The molecule has 1 aromatic carbocycles. The standard InChI is InChI=1S/C8H9N3/c9-10-11-6-5-7-3-1-2-4-8(7)11/h1-4,9H,5-6H2. The van der Waals surface area contributed by atoms with E-state index < -0.39 is 0 Å². The van der Waals surface area contributed by atoms with Gasteiger partial charge in [-0.3, -0.25) is 0 Å². The minimum absolute atomic E-state index is 0.850. The van der Waals surface area contributed by atoms with E-state index >= 15 is 0 Å². The second-order valence-corrected chi connectivity index (χ2v) is 2.60. The summed E-state index contributed by atoms with van der Waals surface area (Å²) >= 11 is 0. The third-order valence-electron chi connectivity index (χ3n) is 1.98. The van der Waals surface area contributed by atoms with Crippen LogP contribution in [0.2, 0.25) is 0 Å². The van der Waals surface area contributed by atoms with Crippen molar-refractivity contribution in [3.63, 3.8) is 0 Å². The van der Waals surface area contributed by atoms with E-state index in [-0.39, 0.29) is 0 Å². The van der Waals surface area contributed by atoms with Gasteiger partial charge in [0, 0.05) is 6.54 Å². The summed E-state index contributed by atoms with van der Waals surface area (Å²) in [5, 5.41) is 5.13. The molecule has 0 unspecified atom stereocenters. The van der Waals surface area contributed by atoms with Gasteiger partial charge < -0.3 is 0 Å². The minimum Gasteiger partial charge on any atom is -0.247 e. The van der Waals surface area contributed by atoms with Gasteiger partial charge in [-0.1, -0.05) is 23.4 Å². The normalized spacial score (nSPS) is 14.7. The molecule has 0 spiro atoms. The smallest absolute Gasteiger partial charge is 0.0643 e. The lowest BCUT2D eigenvalue weighted by Gasteiger charge is -2.08. The van der Waals surface area contributed by atoms with Crippen molar-refractivity contribution in [1.82, 2.24) is 0 Å². The lowest BCUT2D eigenvalue weighted by atomic mass is 10.2. The highest BCUT2D eigenvalue weighted by atomic mass is 15.5. The molecule has 0 atom stereocenters. The quantitative estimate of drug-likeness (QED) is 0.606. The Labute approximate surface area is 65.1 Å². The van der Waals surface area contributed by atoms with Crippen molar-refractivity contribution < 1.29 is 0 Å². The summed E-state index contributed by atoms with van der Waals surface area (Å²) in [7, 11) is 0. The second-order valence-electron chi connectivity index (χ2n) is 2.60. The molecule has 0 fully saturated rings. The number of para-hydroxylation sites is 1. The molecule has 0 aliphatic carbocycles. The minimum atomic E-state index is 0.850. The molecule has 1 aromatic rings. The SMILES string of the molecule is N=NN1CCc2ccccc21. The van der Waals surface area contributed by atoms with Crippen molar-refractivity contribution >= 4 is 5.69 Å².